The number of anilines is 1. The van der Waals surface area contributed by atoms with Gasteiger partial charge in [-0.05, 0) is 6.07 Å². The van der Waals surface area contributed by atoms with E-state index in [2.05, 4.69) is 4.98 Å². The van der Waals surface area contributed by atoms with Crippen molar-refractivity contribution < 1.29 is 18.0 Å². The first kappa shape index (κ1) is 9.50. The second-order valence-corrected chi connectivity index (χ2v) is 2.31. The summed E-state index contributed by atoms with van der Waals surface area (Å²) in [6, 6.07) is 0.613. The van der Waals surface area contributed by atoms with Crippen LogP contribution in [0.3, 0.4) is 0 Å². The Morgan fingerprint density at radius 1 is 1.46 bits per heavy atom. The molecule has 0 amide bonds. The quantitative estimate of drug-likeness (QED) is 0.682. The molecule has 0 radical (unpaired) electrons. The summed E-state index contributed by atoms with van der Waals surface area (Å²) < 4.78 is 36.4. The lowest BCUT2D eigenvalue weighted by molar-refractivity contribution is -0.137. The Bertz CT molecular complexity index is 335. The largest absolute Gasteiger partial charge is 0.418 e. The van der Waals surface area contributed by atoms with E-state index in [0.29, 0.717) is 6.07 Å². The Kier molecular flexibility index (Phi) is 2.22. The van der Waals surface area contributed by atoms with Crippen LogP contribution in [-0.2, 0) is 6.18 Å². The average molecular weight is 190 g/mol. The second kappa shape index (κ2) is 3.04. The van der Waals surface area contributed by atoms with Crippen molar-refractivity contribution >= 4 is 12.0 Å². The van der Waals surface area contributed by atoms with Gasteiger partial charge in [0.15, 0.2) is 6.29 Å². The average Bonchev–Trinajstić information content (AvgIpc) is 2.03. The van der Waals surface area contributed by atoms with Crippen LogP contribution in [0.1, 0.15) is 16.1 Å². The lowest BCUT2D eigenvalue weighted by Crippen LogP contribution is -2.10. The lowest BCUT2D eigenvalue weighted by Gasteiger charge is -2.08. The molecule has 0 atom stereocenters. The van der Waals surface area contributed by atoms with Crippen molar-refractivity contribution in [2.24, 2.45) is 0 Å². The lowest BCUT2D eigenvalue weighted by atomic mass is 10.2. The predicted octanol–water partition coefficient (Wildman–Crippen LogP) is 1.50. The number of aromatic nitrogens is 1. The molecule has 3 nitrogen and oxygen atoms in total. The number of alkyl halides is 3. The number of nitrogen functional groups attached to an aromatic ring is 1. The molecule has 2 N–H and O–H groups in total. The molecule has 0 saturated carbocycles. The summed E-state index contributed by atoms with van der Waals surface area (Å²) in [5, 5.41) is 0. The van der Waals surface area contributed by atoms with E-state index in [9.17, 15) is 18.0 Å². The molecule has 13 heavy (non-hydrogen) atoms. The van der Waals surface area contributed by atoms with Gasteiger partial charge in [0, 0.05) is 0 Å². The number of carbonyl (C=O) groups is 1. The van der Waals surface area contributed by atoms with Crippen molar-refractivity contribution in [3.05, 3.63) is 23.5 Å². The number of carbonyl (C=O) groups excluding carboxylic acids is 1. The summed E-state index contributed by atoms with van der Waals surface area (Å²) in [6.07, 6.45) is -3.51. The van der Waals surface area contributed by atoms with E-state index in [0.717, 1.165) is 6.20 Å². The Hall–Kier alpha value is -1.59. The minimum absolute atomic E-state index is 0.231. The van der Waals surface area contributed by atoms with E-state index >= 15 is 0 Å². The van der Waals surface area contributed by atoms with Crippen molar-refractivity contribution in [3.8, 4) is 0 Å². The van der Waals surface area contributed by atoms with Crippen LogP contribution in [0.2, 0.25) is 0 Å². The summed E-state index contributed by atoms with van der Waals surface area (Å²) in [5.74, 6) is 0. The number of aldehydes is 1. The summed E-state index contributed by atoms with van der Waals surface area (Å²) in [4.78, 5) is 13.5. The van der Waals surface area contributed by atoms with Crippen molar-refractivity contribution in [2.75, 3.05) is 5.73 Å². The SMILES string of the molecule is Nc1cnc(C=O)cc1C(F)(F)F. The summed E-state index contributed by atoms with van der Waals surface area (Å²) in [7, 11) is 0. The number of hydrogen-bond donors (Lipinski definition) is 1. The molecule has 0 aliphatic heterocycles. The van der Waals surface area contributed by atoms with Crippen molar-refractivity contribution in [1.29, 1.82) is 0 Å². The molecule has 0 aromatic carbocycles. The molecule has 0 aliphatic rings. The van der Waals surface area contributed by atoms with E-state index in [4.69, 9.17) is 5.73 Å². The first-order valence-electron chi connectivity index (χ1n) is 3.23. The molecule has 1 rings (SSSR count). The fourth-order valence-electron chi connectivity index (χ4n) is 0.792. The number of halogens is 3. The molecule has 0 saturated heterocycles. The Morgan fingerprint density at radius 3 is 2.54 bits per heavy atom. The van der Waals surface area contributed by atoms with E-state index < -0.39 is 17.4 Å². The van der Waals surface area contributed by atoms with Gasteiger partial charge in [-0.1, -0.05) is 0 Å². The predicted molar refractivity (Wildman–Crippen MR) is 39.0 cm³/mol. The molecule has 0 fully saturated rings. The van der Waals surface area contributed by atoms with E-state index in [1.165, 1.54) is 0 Å². The van der Waals surface area contributed by atoms with Gasteiger partial charge in [-0.2, -0.15) is 13.2 Å². The zero-order chi connectivity index (χ0) is 10.1. The van der Waals surface area contributed by atoms with E-state index in [1.54, 1.807) is 0 Å². The maximum Gasteiger partial charge on any atom is 0.418 e. The molecule has 70 valence electrons. The topological polar surface area (TPSA) is 56.0 Å². The van der Waals surface area contributed by atoms with Gasteiger partial charge in [-0.3, -0.25) is 9.78 Å². The van der Waals surface area contributed by atoms with Crippen LogP contribution in [0.15, 0.2) is 12.3 Å². The van der Waals surface area contributed by atoms with Crippen LogP contribution >= 0.6 is 0 Å². The van der Waals surface area contributed by atoms with Crippen LogP contribution in [0.4, 0.5) is 18.9 Å². The van der Waals surface area contributed by atoms with E-state index in [1.807, 2.05) is 0 Å². The molecular weight excluding hydrogens is 185 g/mol. The zero-order valence-electron chi connectivity index (χ0n) is 6.30. The normalized spacial score (nSPS) is 11.3. The third-order valence-electron chi connectivity index (χ3n) is 1.38. The number of rotatable bonds is 1. The first-order valence-corrected chi connectivity index (χ1v) is 3.23. The van der Waals surface area contributed by atoms with Crippen LogP contribution in [0, 0.1) is 0 Å². The highest BCUT2D eigenvalue weighted by molar-refractivity contribution is 5.73. The molecule has 0 unspecified atom stereocenters. The molecule has 0 bridgehead atoms. The first-order chi connectivity index (χ1) is 5.95. The monoisotopic (exact) mass is 190 g/mol. The molecular formula is C7H5F3N2O. The van der Waals surface area contributed by atoms with Crippen molar-refractivity contribution in [3.63, 3.8) is 0 Å². The van der Waals surface area contributed by atoms with Crippen LogP contribution in [0.5, 0.6) is 0 Å². The van der Waals surface area contributed by atoms with Gasteiger partial charge in [0.25, 0.3) is 0 Å². The molecule has 1 aromatic heterocycles. The minimum atomic E-state index is -4.55. The van der Waals surface area contributed by atoms with Crippen LogP contribution in [0.25, 0.3) is 0 Å². The van der Waals surface area contributed by atoms with Gasteiger partial charge in [-0.25, -0.2) is 0 Å². The summed E-state index contributed by atoms with van der Waals surface area (Å²) in [6.45, 7) is 0. The maximum atomic E-state index is 12.1. The number of nitrogens with zero attached hydrogens (tertiary/aromatic N) is 1. The Balaban J connectivity index is 3.27. The summed E-state index contributed by atoms with van der Waals surface area (Å²) >= 11 is 0. The van der Waals surface area contributed by atoms with Gasteiger partial charge in [0.2, 0.25) is 0 Å². The smallest absolute Gasteiger partial charge is 0.397 e. The molecule has 0 spiro atoms. The number of pyridine rings is 1. The van der Waals surface area contributed by atoms with Gasteiger partial charge in [-0.15, -0.1) is 0 Å². The fraction of sp³-hybridized carbons (Fsp3) is 0.143. The molecule has 1 heterocycles. The number of hydrogen-bond acceptors (Lipinski definition) is 3. The standard InChI is InChI=1S/C7H5F3N2O/c8-7(9,10)5-1-4(3-13)12-2-6(5)11/h1-3H,11H2. The van der Waals surface area contributed by atoms with Gasteiger partial charge >= 0.3 is 6.18 Å². The van der Waals surface area contributed by atoms with Crippen molar-refractivity contribution in [2.45, 2.75) is 6.18 Å². The van der Waals surface area contributed by atoms with Crippen molar-refractivity contribution in [1.82, 2.24) is 4.98 Å². The molecule has 6 heteroatoms. The summed E-state index contributed by atoms with van der Waals surface area (Å²) in [5.41, 5.74) is 3.22. The zero-order valence-corrected chi connectivity index (χ0v) is 6.30. The maximum absolute atomic E-state index is 12.1. The van der Waals surface area contributed by atoms with Gasteiger partial charge in [0.1, 0.15) is 5.69 Å². The highest BCUT2D eigenvalue weighted by Crippen LogP contribution is 2.32. The fourth-order valence-corrected chi connectivity index (χ4v) is 0.792. The molecule has 0 aliphatic carbocycles. The third kappa shape index (κ3) is 1.95. The molecule has 1 aromatic rings. The minimum Gasteiger partial charge on any atom is -0.397 e. The highest BCUT2D eigenvalue weighted by atomic mass is 19.4. The Labute approximate surface area is 71.4 Å². The van der Waals surface area contributed by atoms with Crippen LogP contribution in [-0.4, -0.2) is 11.3 Å². The highest BCUT2D eigenvalue weighted by Gasteiger charge is 2.33. The third-order valence-corrected chi connectivity index (χ3v) is 1.38. The van der Waals surface area contributed by atoms with Gasteiger partial charge in [0.05, 0.1) is 17.4 Å². The van der Waals surface area contributed by atoms with Gasteiger partial charge < -0.3 is 5.73 Å². The number of nitrogens with two attached hydrogens (primary N) is 1. The Morgan fingerprint density at radius 2 is 2.08 bits per heavy atom. The van der Waals surface area contributed by atoms with Crippen LogP contribution < -0.4 is 5.73 Å². The second-order valence-electron chi connectivity index (χ2n) is 2.31. The van der Waals surface area contributed by atoms with E-state index in [-0.39, 0.29) is 12.0 Å².